The third-order valence-electron chi connectivity index (χ3n) is 5.25. The number of nitriles is 1. The van der Waals surface area contributed by atoms with Gasteiger partial charge in [0.15, 0.2) is 0 Å². The Balaban J connectivity index is 1.42. The molecule has 0 bridgehead atoms. The maximum atomic E-state index is 12.5. The predicted octanol–water partition coefficient (Wildman–Crippen LogP) is 5.30. The molecule has 9 nitrogen and oxygen atoms in total. The minimum Gasteiger partial charge on any atom is -0.467 e. The highest BCUT2D eigenvalue weighted by molar-refractivity contribution is 8.00. The standard InChI is InChI=1S/C27H20N4O5S/c28-15-21(27(33)29-16-23-6-3-11-36-23)12-18-7-10-25(24(13-18)31(34)35)37-17-26(32)30-22-9-8-19-4-1-2-5-20(19)14-22/h1-14H,16-17H2,(H,29,33)(H,30,32)/b21-12+. The average molecular weight is 513 g/mol. The summed E-state index contributed by atoms with van der Waals surface area (Å²) in [6.45, 7) is 0.0991. The zero-order chi connectivity index (χ0) is 26.2. The Labute approximate surface area is 215 Å². The van der Waals surface area contributed by atoms with Crippen LogP contribution < -0.4 is 10.6 Å². The third kappa shape index (κ3) is 6.62. The first kappa shape index (κ1) is 25.2. The number of benzene rings is 3. The lowest BCUT2D eigenvalue weighted by Crippen LogP contribution is -2.23. The molecule has 0 aliphatic heterocycles. The van der Waals surface area contributed by atoms with Crippen LogP contribution in [0.1, 0.15) is 11.3 Å². The monoisotopic (exact) mass is 512 g/mol. The number of nitrogens with zero attached hydrogens (tertiary/aromatic N) is 2. The third-order valence-corrected chi connectivity index (χ3v) is 6.31. The van der Waals surface area contributed by atoms with Gasteiger partial charge in [-0.1, -0.05) is 36.4 Å². The lowest BCUT2D eigenvalue weighted by atomic mass is 10.1. The van der Waals surface area contributed by atoms with Crippen LogP contribution in [0.4, 0.5) is 11.4 Å². The fourth-order valence-electron chi connectivity index (χ4n) is 3.49. The Bertz CT molecular complexity index is 1540. The number of amides is 2. The van der Waals surface area contributed by atoms with Crippen LogP contribution in [0, 0.1) is 21.4 Å². The summed E-state index contributed by atoms with van der Waals surface area (Å²) in [5.41, 5.74) is 0.497. The molecule has 0 aliphatic carbocycles. The summed E-state index contributed by atoms with van der Waals surface area (Å²) in [5, 5.41) is 28.5. The van der Waals surface area contributed by atoms with Gasteiger partial charge in [0, 0.05) is 11.8 Å². The maximum Gasteiger partial charge on any atom is 0.283 e. The van der Waals surface area contributed by atoms with Crippen molar-refractivity contribution in [2.45, 2.75) is 11.4 Å². The topological polar surface area (TPSA) is 138 Å². The van der Waals surface area contributed by atoms with Gasteiger partial charge >= 0.3 is 0 Å². The van der Waals surface area contributed by atoms with Crippen LogP contribution in [0.2, 0.25) is 0 Å². The van der Waals surface area contributed by atoms with Crippen molar-refractivity contribution in [3.63, 3.8) is 0 Å². The molecule has 2 amide bonds. The number of nitrogens with one attached hydrogen (secondary N) is 2. The van der Waals surface area contributed by atoms with E-state index in [1.807, 2.05) is 42.5 Å². The van der Waals surface area contributed by atoms with Crippen LogP contribution >= 0.6 is 11.8 Å². The molecule has 4 aromatic rings. The van der Waals surface area contributed by atoms with E-state index in [2.05, 4.69) is 10.6 Å². The molecule has 4 rings (SSSR count). The molecule has 0 atom stereocenters. The summed E-state index contributed by atoms with van der Waals surface area (Å²) in [5.74, 6) is -0.460. The van der Waals surface area contributed by atoms with E-state index in [9.17, 15) is 25.0 Å². The second-order valence-electron chi connectivity index (χ2n) is 7.81. The normalized spacial score (nSPS) is 11.1. The van der Waals surface area contributed by atoms with Gasteiger partial charge in [0.1, 0.15) is 17.4 Å². The molecule has 0 unspecified atom stereocenters. The van der Waals surface area contributed by atoms with Crippen molar-refractivity contribution in [3.05, 3.63) is 106 Å². The molecule has 10 heteroatoms. The molecule has 2 N–H and O–H groups in total. The van der Waals surface area contributed by atoms with E-state index in [4.69, 9.17) is 4.42 Å². The Morgan fingerprint density at radius 2 is 1.86 bits per heavy atom. The lowest BCUT2D eigenvalue weighted by molar-refractivity contribution is -0.387. The minimum absolute atomic E-state index is 0.0402. The molecule has 0 radical (unpaired) electrons. The van der Waals surface area contributed by atoms with Crippen LogP contribution in [0.3, 0.4) is 0 Å². The summed E-state index contributed by atoms with van der Waals surface area (Å²) in [4.78, 5) is 36.2. The van der Waals surface area contributed by atoms with Crippen LogP contribution in [0.25, 0.3) is 16.8 Å². The molecule has 0 spiro atoms. The summed E-state index contributed by atoms with van der Waals surface area (Å²) in [6.07, 6.45) is 2.74. The van der Waals surface area contributed by atoms with Crippen LogP contribution in [0.5, 0.6) is 0 Å². The van der Waals surface area contributed by atoms with Gasteiger partial charge < -0.3 is 15.1 Å². The van der Waals surface area contributed by atoms with Crippen LogP contribution in [-0.2, 0) is 16.1 Å². The van der Waals surface area contributed by atoms with Crippen molar-refractivity contribution in [1.82, 2.24) is 5.32 Å². The van der Waals surface area contributed by atoms with Crippen molar-refractivity contribution in [1.29, 1.82) is 5.26 Å². The Morgan fingerprint density at radius 1 is 1.05 bits per heavy atom. The molecule has 1 heterocycles. The smallest absolute Gasteiger partial charge is 0.283 e. The van der Waals surface area contributed by atoms with E-state index >= 15 is 0 Å². The number of carbonyl (C=O) groups is 2. The Kier molecular flexibility index (Phi) is 7.98. The first-order valence-corrected chi connectivity index (χ1v) is 12.0. The van der Waals surface area contributed by atoms with E-state index in [1.165, 1.54) is 24.5 Å². The molecular weight excluding hydrogens is 492 g/mol. The van der Waals surface area contributed by atoms with Crippen molar-refractivity contribution < 1.29 is 18.9 Å². The summed E-state index contributed by atoms with van der Waals surface area (Å²) in [6, 6.07) is 22.8. The highest BCUT2D eigenvalue weighted by Gasteiger charge is 2.17. The Morgan fingerprint density at radius 3 is 2.59 bits per heavy atom. The first-order chi connectivity index (χ1) is 17.9. The molecular formula is C27H20N4O5S. The lowest BCUT2D eigenvalue weighted by Gasteiger charge is -2.08. The quantitative estimate of drug-likeness (QED) is 0.102. The number of hydrogen-bond donors (Lipinski definition) is 2. The maximum absolute atomic E-state index is 12.5. The summed E-state index contributed by atoms with van der Waals surface area (Å²) < 4.78 is 5.14. The zero-order valence-electron chi connectivity index (χ0n) is 19.3. The van der Waals surface area contributed by atoms with Gasteiger partial charge in [-0.3, -0.25) is 19.7 Å². The van der Waals surface area contributed by atoms with Crippen molar-refractivity contribution >= 4 is 51.8 Å². The second-order valence-corrected chi connectivity index (χ2v) is 8.83. The average Bonchev–Trinajstić information content (AvgIpc) is 3.43. The van der Waals surface area contributed by atoms with Crippen LogP contribution in [0.15, 0.2) is 93.9 Å². The number of anilines is 1. The number of thioether (sulfide) groups is 1. The van der Waals surface area contributed by atoms with E-state index < -0.39 is 10.8 Å². The van der Waals surface area contributed by atoms with Gasteiger partial charge in [0.2, 0.25) is 5.91 Å². The number of fused-ring (bicyclic) bond motifs is 1. The van der Waals surface area contributed by atoms with E-state index in [0.29, 0.717) is 17.0 Å². The van der Waals surface area contributed by atoms with E-state index in [-0.39, 0.29) is 34.4 Å². The number of furan rings is 1. The molecule has 1 aromatic heterocycles. The van der Waals surface area contributed by atoms with Gasteiger partial charge in [-0.2, -0.15) is 5.26 Å². The van der Waals surface area contributed by atoms with Gasteiger partial charge in [0.05, 0.1) is 28.4 Å². The zero-order valence-corrected chi connectivity index (χ0v) is 20.2. The highest BCUT2D eigenvalue weighted by atomic mass is 32.2. The molecule has 0 saturated heterocycles. The summed E-state index contributed by atoms with van der Waals surface area (Å²) >= 11 is 1.02. The highest BCUT2D eigenvalue weighted by Crippen LogP contribution is 2.31. The van der Waals surface area contributed by atoms with Crippen molar-refractivity contribution in [2.24, 2.45) is 0 Å². The van der Waals surface area contributed by atoms with E-state index in [0.717, 1.165) is 22.5 Å². The van der Waals surface area contributed by atoms with E-state index in [1.54, 1.807) is 24.3 Å². The first-order valence-electron chi connectivity index (χ1n) is 11.1. The van der Waals surface area contributed by atoms with Crippen LogP contribution in [-0.4, -0.2) is 22.5 Å². The number of carbonyl (C=O) groups excluding carboxylic acids is 2. The van der Waals surface area contributed by atoms with Gasteiger partial charge in [0.25, 0.3) is 11.6 Å². The number of nitro benzene ring substituents is 1. The molecule has 0 saturated carbocycles. The summed E-state index contributed by atoms with van der Waals surface area (Å²) in [7, 11) is 0. The molecule has 184 valence electrons. The number of nitro groups is 1. The SMILES string of the molecule is N#C/C(=C\c1ccc(SCC(=O)Nc2ccc3ccccc3c2)c([N+](=O)[O-])c1)C(=O)NCc1ccco1. The second kappa shape index (κ2) is 11.7. The van der Waals surface area contributed by atoms with Gasteiger partial charge in [-0.25, -0.2) is 0 Å². The fraction of sp³-hybridized carbons (Fsp3) is 0.0741. The number of rotatable bonds is 9. The number of hydrogen-bond acceptors (Lipinski definition) is 7. The molecule has 3 aromatic carbocycles. The minimum atomic E-state index is -0.634. The molecule has 0 aliphatic rings. The molecule has 37 heavy (non-hydrogen) atoms. The Hall–Kier alpha value is -4.88. The van der Waals surface area contributed by atoms with Gasteiger partial charge in [-0.15, -0.1) is 11.8 Å². The fourth-order valence-corrected chi connectivity index (χ4v) is 4.29. The predicted molar refractivity (Wildman–Crippen MR) is 141 cm³/mol. The van der Waals surface area contributed by atoms with Gasteiger partial charge in [-0.05, 0) is 52.7 Å². The van der Waals surface area contributed by atoms with Crippen molar-refractivity contribution in [3.8, 4) is 6.07 Å². The largest absolute Gasteiger partial charge is 0.467 e. The molecule has 0 fully saturated rings. The van der Waals surface area contributed by atoms with Crippen molar-refractivity contribution in [2.75, 3.05) is 11.1 Å².